The second-order valence-corrected chi connectivity index (χ2v) is 6.68. The van der Waals surface area contributed by atoms with Crippen molar-refractivity contribution in [1.29, 1.82) is 0 Å². The fourth-order valence-electron chi connectivity index (χ4n) is 3.05. The summed E-state index contributed by atoms with van der Waals surface area (Å²) in [5, 5.41) is 2.09. The Morgan fingerprint density at radius 1 is 0.962 bits per heavy atom. The zero-order valence-electron chi connectivity index (χ0n) is 14.0. The zero-order valence-corrected chi connectivity index (χ0v) is 14.8. The SMILES string of the molecule is O=C1C(Cc2ccc(Cl)cc2)CON1c1ccc(-c2ccncc2)cc1. The molecule has 1 unspecified atom stereocenters. The van der Waals surface area contributed by atoms with E-state index in [0.717, 1.165) is 22.4 Å². The van der Waals surface area contributed by atoms with Crippen molar-refractivity contribution >= 4 is 23.2 Å². The van der Waals surface area contributed by atoms with Crippen LogP contribution in [0, 0.1) is 5.92 Å². The molecular formula is C21H17ClN2O2. The molecule has 1 atom stereocenters. The summed E-state index contributed by atoms with van der Waals surface area (Å²) >= 11 is 5.91. The van der Waals surface area contributed by atoms with E-state index < -0.39 is 0 Å². The summed E-state index contributed by atoms with van der Waals surface area (Å²) in [6, 6.07) is 19.2. The predicted octanol–water partition coefficient (Wildman–Crippen LogP) is 4.54. The van der Waals surface area contributed by atoms with Crippen LogP contribution in [0.25, 0.3) is 11.1 Å². The fraction of sp³-hybridized carbons (Fsp3) is 0.143. The molecule has 3 aromatic rings. The Kier molecular flexibility index (Phi) is 4.69. The van der Waals surface area contributed by atoms with Crippen molar-refractivity contribution in [2.75, 3.05) is 11.7 Å². The first-order valence-electron chi connectivity index (χ1n) is 8.42. The maximum Gasteiger partial charge on any atom is 0.256 e. The summed E-state index contributed by atoms with van der Waals surface area (Å²) in [5.74, 6) is -0.201. The standard InChI is InChI=1S/C21H17ClN2O2/c22-19-5-1-15(2-6-19)13-18-14-26-24(21(18)25)20-7-3-16(4-8-20)17-9-11-23-12-10-17/h1-12,18H,13-14H2. The van der Waals surface area contributed by atoms with Crippen molar-refractivity contribution in [3.05, 3.63) is 83.6 Å². The first kappa shape index (κ1) is 16.8. The van der Waals surface area contributed by atoms with E-state index in [9.17, 15) is 4.79 Å². The number of pyridine rings is 1. The van der Waals surface area contributed by atoms with Crippen LogP contribution in [-0.4, -0.2) is 17.5 Å². The number of hydrogen-bond acceptors (Lipinski definition) is 3. The smallest absolute Gasteiger partial charge is 0.256 e. The van der Waals surface area contributed by atoms with Crippen molar-refractivity contribution < 1.29 is 9.63 Å². The van der Waals surface area contributed by atoms with E-state index in [2.05, 4.69) is 4.98 Å². The van der Waals surface area contributed by atoms with Crippen molar-refractivity contribution in [1.82, 2.24) is 4.98 Å². The van der Waals surface area contributed by atoms with E-state index in [1.54, 1.807) is 12.4 Å². The minimum atomic E-state index is -0.184. The minimum Gasteiger partial charge on any atom is -0.272 e. The van der Waals surface area contributed by atoms with Gasteiger partial charge >= 0.3 is 0 Å². The Morgan fingerprint density at radius 3 is 2.31 bits per heavy atom. The van der Waals surface area contributed by atoms with Gasteiger partial charge in [-0.1, -0.05) is 35.9 Å². The Labute approximate surface area is 157 Å². The first-order chi connectivity index (χ1) is 12.7. The largest absolute Gasteiger partial charge is 0.272 e. The van der Waals surface area contributed by atoms with E-state index >= 15 is 0 Å². The number of benzene rings is 2. The number of halogens is 1. The fourth-order valence-corrected chi connectivity index (χ4v) is 3.18. The van der Waals surface area contributed by atoms with Crippen molar-refractivity contribution in [2.24, 2.45) is 5.92 Å². The highest BCUT2D eigenvalue weighted by molar-refractivity contribution is 6.30. The molecule has 0 aliphatic carbocycles. The topological polar surface area (TPSA) is 42.4 Å². The summed E-state index contributed by atoms with van der Waals surface area (Å²) in [6.07, 6.45) is 4.16. The maximum atomic E-state index is 12.7. The molecule has 130 valence electrons. The molecule has 2 aromatic carbocycles. The van der Waals surface area contributed by atoms with Gasteiger partial charge in [0.15, 0.2) is 0 Å². The molecule has 1 aliphatic rings. The molecule has 0 radical (unpaired) electrons. The summed E-state index contributed by atoms with van der Waals surface area (Å²) < 4.78 is 0. The lowest BCUT2D eigenvalue weighted by Gasteiger charge is -2.15. The molecule has 0 spiro atoms. The van der Waals surface area contributed by atoms with Crippen LogP contribution in [0.4, 0.5) is 5.69 Å². The quantitative estimate of drug-likeness (QED) is 0.682. The average molecular weight is 365 g/mol. The van der Waals surface area contributed by atoms with Gasteiger partial charge in [0.05, 0.1) is 18.2 Å². The summed E-state index contributed by atoms with van der Waals surface area (Å²) in [5.41, 5.74) is 3.97. The molecule has 0 N–H and O–H groups in total. The molecule has 5 heteroatoms. The van der Waals surface area contributed by atoms with Gasteiger partial charge in [-0.25, -0.2) is 0 Å². The monoisotopic (exact) mass is 364 g/mol. The molecule has 1 aromatic heterocycles. The second kappa shape index (κ2) is 7.28. The van der Waals surface area contributed by atoms with Crippen LogP contribution < -0.4 is 5.06 Å². The Morgan fingerprint density at radius 2 is 1.62 bits per heavy atom. The van der Waals surface area contributed by atoms with Crippen molar-refractivity contribution in [3.63, 3.8) is 0 Å². The number of rotatable bonds is 4. The summed E-state index contributed by atoms with van der Waals surface area (Å²) in [6.45, 7) is 0.383. The van der Waals surface area contributed by atoms with Crippen LogP contribution in [0.2, 0.25) is 5.02 Å². The van der Waals surface area contributed by atoms with Crippen LogP contribution in [0.15, 0.2) is 73.1 Å². The van der Waals surface area contributed by atoms with E-state index in [-0.39, 0.29) is 11.8 Å². The molecule has 1 amide bonds. The molecule has 26 heavy (non-hydrogen) atoms. The van der Waals surface area contributed by atoms with Crippen LogP contribution >= 0.6 is 11.6 Å². The van der Waals surface area contributed by atoms with Gasteiger partial charge in [-0.2, -0.15) is 5.06 Å². The lowest BCUT2D eigenvalue weighted by Crippen LogP contribution is -2.26. The van der Waals surface area contributed by atoms with Gasteiger partial charge in [0.25, 0.3) is 5.91 Å². The lowest BCUT2D eigenvalue weighted by atomic mass is 10.00. The zero-order chi connectivity index (χ0) is 17.9. The number of aromatic nitrogens is 1. The number of nitrogens with zero attached hydrogens (tertiary/aromatic N) is 2. The Hall–Kier alpha value is -2.69. The molecule has 1 fully saturated rings. The van der Waals surface area contributed by atoms with Gasteiger partial charge in [0, 0.05) is 17.4 Å². The van der Waals surface area contributed by atoms with Crippen LogP contribution in [0.5, 0.6) is 0 Å². The van der Waals surface area contributed by atoms with Gasteiger partial charge in [0.2, 0.25) is 0 Å². The second-order valence-electron chi connectivity index (χ2n) is 6.24. The lowest BCUT2D eigenvalue weighted by molar-refractivity contribution is -0.121. The van der Waals surface area contributed by atoms with Gasteiger partial charge < -0.3 is 0 Å². The number of amides is 1. The van der Waals surface area contributed by atoms with Gasteiger partial charge in [0.1, 0.15) is 0 Å². The van der Waals surface area contributed by atoms with E-state index in [1.165, 1.54) is 5.06 Å². The predicted molar refractivity (Wildman–Crippen MR) is 102 cm³/mol. The molecule has 2 heterocycles. The molecular weight excluding hydrogens is 348 g/mol. The third kappa shape index (κ3) is 3.47. The van der Waals surface area contributed by atoms with Crippen molar-refractivity contribution in [2.45, 2.75) is 6.42 Å². The Bertz CT molecular complexity index is 896. The molecule has 0 bridgehead atoms. The highest BCUT2D eigenvalue weighted by Crippen LogP contribution is 2.28. The molecule has 4 rings (SSSR count). The molecule has 4 nitrogen and oxygen atoms in total. The average Bonchev–Trinajstić information content (AvgIpc) is 3.05. The van der Waals surface area contributed by atoms with Gasteiger partial charge in [-0.15, -0.1) is 0 Å². The highest BCUT2D eigenvalue weighted by atomic mass is 35.5. The summed E-state index contributed by atoms with van der Waals surface area (Å²) in [4.78, 5) is 22.4. The molecule has 1 aliphatic heterocycles. The van der Waals surface area contributed by atoms with E-state index in [0.29, 0.717) is 18.1 Å². The number of hydroxylamine groups is 1. The maximum absolute atomic E-state index is 12.7. The normalized spacial score (nSPS) is 16.9. The van der Waals surface area contributed by atoms with Crippen LogP contribution in [-0.2, 0) is 16.1 Å². The molecule has 1 saturated heterocycles. The van der Waals surface area contributed by atoms with E-state index in [1.807, 2.05) is 60.7 Å². The Balaban J connectivity index is 1.47. The van der Waals surface area contributed by atoms with Crippen LogP contribution in [0.1, 0.15) is 5.56 Å². The first-order valence-corrected chi connectivity index (χ1v) is 8.80. The highest BCUT2D eigenvalue weighted by Gasteiger charge is 2.34. The number of carbonyl (C=O) groups is 1. The van der Waals surface area contributed by atoms with Gasteiger partial charge in [-0.3, -0.25) is 14.6 Å². The third-order valence-corrected chi connectivity index (χ3v) is 4.72. The third-order valence-electron chi connectivity index (χ3n) is 4.47. The molecule has 0 saturated carbocycles. The number of anilines is 1. The number of hydrogen-bond donors (Lipinski definition) is 0. The minimum absolute atomic E-state index is 0.0170. The van der Waals surface area contributed by atoms with Gasteiger partial charge in [-0.05, 0) is 59.5 Å². The number of carbonyl (C=O) groups excluding carboxylic acids is 1. The van der Waals surface area contributed by atoms with Crippen LogP contribution in [0.3, 0.4) is 0 Å². The van der Waals surface area contributed by atoms with Crippen molar-refractivity contribution in [3.8, 4) is 11.1 Å². The summed E-state index contributed by atoms with van der Waals surface area (Å²) in [7, 11) is 0. The van der Waals surface area contributed by atoms with E-state index in [4.69, 9.17) is 16.4 Å².